The minimum absolute atomic E-state index is 0.0656. The lowest BCUT2D eigenvalue weighted by atomic mass is 10.2. The summed E-state index contributed by atoms with van der Waals surface area (Å²) in [6.07, 6.45) is 0. The minimum atomic E-state index is -0.0656. The van der Waals surface area contributed by atoms with Crippen LogP contribution in [0, 0.1) is 0 Å². The van der Waals surface area contributed by atoms with E-state index < -0.39 is 0 Å². The highest BCUT2D eigenvalue weighted by molar-refractivity contribution is 9.10. The number of hydrogen-bond acceptors (Lipinski definition) is 4. The molecule has 6 heteroatoms. The maximum Gasteiger partial charge on any atom is 0.261 e. The van der Waals surface area contributed by atoms with Crippen LogP contribution in [0.3, 0.4) is 0 Å². The standard InChI is InChI=1S/C11H9BrN4O/c12-6-1-2-8-7(5-6)11(17)16-4-3-14-9(13)10(16)15-8/h1-2,5H,3-4H2,(H2,13,14). The molecule has 1 aromatic carbocycles. The topological polar surface area (TPSA) is 73.3 Å². The van der Waals surface area contributed by atoms with Crippen LogP contribution in [0.25, 0.3) is 10.9 Å². The molecule has 5 nitrogen and oxygen atoms in total. The number of nitrogens with zero attached hydrogens (tertiary/aromatic N) is 3. The molecule has 0 saturated carbocycles. The van der Waals surface area contributed by atoms with Crippen molar-refractivity contribution in [1.82, 2.24) is 9.55 Å². The van der Waals surface area contributed by atoms with Gasteiger partial charge in [0.25, 0.3) is 5.56 Å². The van der Waals surface area contributed by atoms with Crippen molar-refractivity contribution in [1.29, 1.82) is 0 Å². The molecule has 1 aliphatic rings. The number of amidine groups is 1. The van der Waals surface area contributed by atoms with Gasteiger partial charge in [0.1, 0.15) is 0 Å². The third-order valence-corrected chi connectivity index (χ3v) is 3.24. The van der Waals surface area contributed by atoms with Gasteiger partial charge in [0.15, 0.2) is 11.7 Å². The van der Waals surface area contributed by atoms with Crippen LogP contribution in [0.15, 0.2) is 32.5 Å². The van der Waals surface area contributed by atoms with E-state index in [1.54, 1.807) is 16.7 Å². The lowest BCUT2D eigenvalue weighted by Crippen LogP contribution is -2.35. The van der Waals surface area contributed by atoms with E-state index in [-0.39, 0.29) is 5.56 Å². The largest absolute Gasteiger partial charge is 0.381 e. The summed E-state index contributed by atoms with van der Waals surface area (Å²) in [5, 5.41) is 0.595. The Labute approximate surface area is 105 Å². The molecular formula is C11H9BrN4O. The number of benzene rings is 1. The zero-order chi connectivity index (χ0) is 12.0. The SMILES string of the molecule is NC1=NCCn2c1nc1ccc(Br)cc1c2=O. The maximum atomic E-state index is 12.3. The van der Waals surface area contributed by atoms with Crippen molar-refractivity contribution in [2.45, 2.75) is 6.54 Å². The summed E-state index contributed by atoms with van der Waals surface area (Å²) in [7, 11) is 0. The first-order valence-electron chi connectivity index (χ1n) is 5.17. The molecule has 1 aromatic heterocycles. The first-order valence-corrected chi connectivity index (χ1v) is 5.96. The smallest absolute Gasteiger partial charge is 0.261 e. The molecule has 0 unspecified atom stereocenters. The van der Waals surface area contributed by atoms with Crippen LogP contribution < -0.4 is 11.3 Å². The number of rotatable bonds is 0. The molecule has 0 bridgehead atoms. The second-order valence-electron chi connectivity index (χ2n) is 3.82. The van der Waals surface area contributed by atoms with Crippen LogP contribution >= 0.6 is 15.9 Å². The number of aliphatic imine (C=N–C) groups is 1. The maximum absolute atomic E-state index is 12.3. The normalized spacial score (nSPS) is 14.5. The Morgan fingerprint density at radius 2 is 2.24 bits per heavy atom. The summed E-state index contributed by atoms with van der Waals surface area (Å²) >= 11 is 3.35. The van der Waals surface area contributed by atoms with E-state index in [0.717, 1.165) is 4.47 Å². The Balaban J connectivity index is 2.45. The average molecular weight is 293 g/mol. The van der Waals surface area contributed by atoms with Crippen molar-refractivity contribution in [2.24, 2.45) is 10.7 Å². The Morgan fingerprint density at radius 3 is 3.06 bits per heavy atom. The summed E-state index contributed by atoms with van der Waals surface area (Å²) < 4.78 is 2.44. The molecule has 0 saturated heterocycles. The zero-order valence-corrected chi connectivity index (χ0v) is 10.4. The van der Waals surface area contributed by atoms with E-state index in [1.807, 2.05) is 6.07 Å². The first-order chi connectivity index (χ1) is 8.16. The predicted octanol–water partition coefficient (Wildman–Crippen LogP) is 0.878. The molecule has 17 heavy (non-hydrogen) atoms. The lowest BCUT2D eigenvalue weighted by molar-refractivity contribution is 0.647. The quantitative estimate of drug-likeness (QED) is 0.783. The van der Waals surface area contributed by atoms with Crippen molar-refractivity contribution in [3.8, 4) is 0 Å². The van der Waals surface area contributed by atoms with Crippen LogP contribution in [0.5, 0.6) is 0 Å². The van der Waals surface area contributed by atoms with E-state index in [2.05, 4.69) is 25.9 Å². The second-order valence-corrected chi connectivity index (χ2v) is 4.74. The molecule has 0 amide bonds. The second kappa shape index (κ2) is 3.66. The summed E-state index contributed by atoms with van der Waals surface area (Å²) in [4.78, 5) is 20.7. The Hall–Kier alpha value is -1.69. The van der Waals surface area contributed by atoms with Gasteiger partial charge in [-0.2, -0.15) is 0 Å². The van der Waals surface area contributed by atoms with Crippen molar-refractivity contribution >= 4 is 32.7 Å². The summed E-state index contributed by atoms with van der Waals surface area (Å²) in [5.41, 5.74) is 6.33. The number of halogens is 1. The Kier molecular flexibility index (Phi) is 2.25. The van der Waals surface area contributed by atoms with Crippen LogP contribution in [0.2, 0.25) is 0 Å². The van der Waals surface area contributed by atoms with E-state index in [4.69, 9.17) is 5.73 Å². The predicted molar refractivity (Wildman–Crippen MR) is 69.3 cm³/mol. The number of fused-ring (bicyclic) bond motifs is 2. The minimum Gasteiger partial charge on any atom is -0.381 e. The van der Waals surface area contributed by atoms with Gasteiger partial charge in [0.2, 0.25) is 0 Å². The zero-order valence-electron chi connectivity index (χ0n) is 8.85. The molecule has 86 valence electrons. The van der Waals surface area contributed by atoms with Gasteiger partial charge in [-0.3, -0.25) is 14.4 Å². The van der Waals surface area contributed by atoms with Gasteiger partial charge in [-0.15, -0.1) is 0 Å². The highest BCUT2D eigenvalue weighted by Gasteiger charge is 2.16. The third kappa shape index (κ3) is 1.56. The fourth-order valence-corrected chi connectivity index (χ4v) is 2.30. The van der Waals surface area contributed by atoms with E-state index >= 15 is 0 Å². The molecule has 2 aromatic rings. The summed E-state index contributed by atoms with van der Waals surface area (Å²) in [5.74, 6) is 0.800. The van der Waals surface area contributed by atoms with Crippen molar-refractivity contribution in [3.05, 3.63) is 38.9 Å². The van der Waals surface area contributed by atoms with E-state index in [1.165, 1.54) is 0 Å². The van der Waals surface area contributed by atoms with Crippen LogP contribution in [-0.2, 0) is 6.54 Å². The monoisotopic (exact) mass is 292 g/mol. The van der Waals surface area contributed by atoms with Gasteiger partial charge in [0.05, 0.1) is 17.4 Å². The first kappa shape index (κ1) is 10.5. The van der Waals surface area contributed by atoms with Crippen molar-refractivity contribution in [3.63, 3.8) is 0 Å². The van der Waals surface area contributed by atoms with Crippen LogP contribution in [0.4, 0.5) is 0 Å². The molecule has 2 N–H and O–H groups in total. The molecule has 0 radical (unpaired) electrons. The molecular weight excluding hydrogens is 284 g/mol. The van der Waals surface area contributed by atoms with Crippen LogP contribution in [-0.4, -0.2) is 21.9 Å². The van der Waals surface area contributed by atoms with E-state index in [0.29, 0.717) is 35.7 Å². The van der Waals surface area contributed by atoms with Gasteiger partial charge < -0.3 is 5.73 Å². The van der Waals surface area contributed by atoms with Crippen molar-refractivity contribution < 1.29 is 0 Å². The molecule has 0 atom stereocenters. The Bertz CT molecular complexity index is 704. The average Bonchev–Trinajstić information content (AvgIpc) is 2.32. The molecule has 1 aliphatic heterocycles. The molecule has 0 spiro atoms. The highest BCUT2D eigenvalue weighted by Crippen LogP contribution is 2.16. The number of hydrogen-bond donors (Lipinski definition) is 1. The number of aromatic nitrogens is 2. The molecule has 2 heterocycles. The fraction of sp³-hybridized carbons (Fsp3) is 0.182. The summed E-state index contributed by atoms with van der Waals surface area (Å²) in [6, 6.07) is 5.42. The highest BCUT2D eigenvalue weighted by atomic mass is 79.9. The molecule has 0 aliphatic carbocycles. The fourth-order valence-electron chi connectivity index (χ4n) is 1.94. The molecule has 3 rings (SSSR count). The van der Waals surface area contributed by atoms with Gasteiger partial charge in [-0.05, 0) is 18.2 Å². The van der Waals surface area contributed by atoms with Crippen molar-refractivity contribution in [2.75, 3.05) is 6.54 Å². The molecule has 0 fully saturated rings. The van der Waals surface area contributed by atoms with E-state index in [9.17, 15) is 4.79 Å². The van der Waals surface area contributed by atoms with Gasteiger partial charge in [0, 0.05) is 11.0 Å². The van der Waals surface area contributed by atoms with Gasteiger partial charge in [-0.1, -0.05) is 15.9 Å². The third-order valence-electron chi connectivity index (χ3n) is 2.75. The summed E-state index contributed by atoms with van der Waals surface area (Å²) in [6.45, 7) is 1.06. The number of nitrogens with two attached hydrogens (primary N) is 1. The van der Waals surface area contributed by atoms with Crippen LogP contribution in [0.1, 0.15) is 5.82 Å². The van der Waals surface area contributed by atoms with Gasteiger partial charge in [-0.25, -0.2) is 4.98 Å². The lowest BCUT2D eigenvalue weighted by Gasteiger charge is -2.16. The Morgan fingerprint density at radius 1 is 1.41 bits per heavy atom. The van der Waals surface area contributed by atoms with Gasteiger partial charge >= 0.3 is 0 Å².